The Morgan fingerprint density at radius 3 is 2.56 bits per heavy atom. The van der Waals surface area contributed by atoms with Crippen LogP contribution in [-0.2, 0) is 16.6 Å². The smallest absolute Gasteiger partial charge is 0.259 e. The third-order valence-corrected chi connectivity index (χ3v) is 3.92. The summed E-state index contributed by atoms with van der Waals surface area (Å²) in [6, 6.07) is 0. The molecule has 7 heteroatoms. The summed E-state index contributed by atoms with van der Waals surface area (Å²) in [6.07, 6.45) is 2.60. The minimum absolute atomic E-state index is 0.0948. The largest absolute Gasteiger partial charge is 0.334 e. The van der Waals surface area contributed by atoms with Crippen LogP contribution in [-0.4, -0.2) is 37.6 Å². The summed E-state index contributed by atoms with van der Waals surface area (Å²) in [5.74, 6) is 0.710. The van der Waals surface area contributed by atoms with E-state index in [1.807, 2.05) is 11.5 Å². The molecule has 2 N–H and O–H groups in total. The molecule has 0 aromatic carbocycles. The van der Waals surface area contributed by atoms with Crippen LogP contribution in [0.3, 0.4) is 0 Å². The third-order valence-electron chi connectivity index (χ3n) is 2.59. The zero-order chi connectivity index (χ0) is 13.6. The van der Waals surface area contributed by atoms with Crippen LogP contribution in [0.4, 0.5) is 0 Å². The minimum atomic E-state index is -3.48. The van der Waals surface area contributed by atoms with E-state index >= 15 is 0 Å². The number of hydrogen-bond donors (Lipinski definition) is 2. The van der Waals surface area contributed by atoms with Crippen LogP contribution in [0.25, 0.3) is 0 Å². The normalized spacial score (nSPS) is 11.9. The Bertz CT molecular complexity index is 467. The van der Waals surface area contributed by atoms with Crippen molar-refractivity contribution < 1.29 is 8.42 Å². The van der Waals surface area contributed by atoms with Crippen molar-refractivity contribution in [3.05, 3.63) is 12.0 Å². The van der Waals surface area contributed by atoms with E-state index in [4.69, 9.17) is 0 Å². The number of aromatic nitrogens is 2. The van der Waals surface area contributed by atoms with E-state index in [9.17, 15) is 8.42 Å². The minimum Gasteiger partial charge on any atom is -0.334 e. The molecule has 0 aliphatic heterocycles. The predicted molar refractivity (Wildman–Crippen MR) is 71.0 cm³/mol. The summed E-state index contributed by atoms with van der Waals surface area (Å²) < 4.78 is 28.2. The quantitative estimate of drug-likeness (QED) is 0.676. The number of rotatable bonds is 8. The lowest BCUT2D eigenvalue weighted by molar-refractivity contribution is 0.572. The fraction of sp³-hybridized carbons (Fsp3) is 0.727. The summed E-state index contributed by atoms with van der Waals surface area (Å²) in [6.45, 7) is 8.43. The molecule has 0 radical (unpaired) electrons. The Morgan fingerprint density at radius 2 is 2.00 bits per heavy atom. The SMILES string of the molecule is CCCNCCNS(=O)(=O)c1cn(CC)c(C)n1. The maximum Gasteiger partial charge on any atom is 0.259 e. The van der Waals surface area contributed by atoms with Gasteiger partial charge in [-0.2, -0.15) is 0 Å². The molecule has 0 aliphatic carbocycles. The van der Waals surface area contributed by atoms with E-state index in [-0.39, 0.29) is 5.03 Å². The molecule has 1 aromatic rings. The average Bonchev–Trinajstić information content (AvgIpc) is 2.71. The first-order valence-electron chi connectivity index (χ1n) is 6.25. The van der Waals surface area contributed by atoms with Gasteiger partial charge in [-0.05, 0) is 26.8 Å². The van der Waals surface area contributed by atoms with E-state index in [1.165, 1.54) is 0 Å². The lowest BCUT2D eigenvalue weighted by Gasteiger charge is -2.04. The van der Waals surface area contributed by atoms with Gasteiger partial charge < -0.3 is 9.88 Å². The number of nitrogens with zero attached hydrogens (tertiary/aromatic N) is 2. The highest BCUT2D eigenvalue weighted by atomic mass is 32.2. The molecule has 0 saturated carbocycles. The Morgan fingerprint density at radius 1 is 1.28 bits per heavy atom. The van der Waals surface area contributed by atoms with Crippen molar-refractivity contribution in [1.82, 2.24) is 19.6 Å². The molecule has 0 spiro atoms. The molecule has 18 heavy (non-hydrogen) atoms. The number of aryl methyl sites for hydroxylation is 2. The van der Waals surface area contributed by atoms with Crippen molar-refractivity contribution in [3.8, 4) is 0 Å². The standard InChI is InChI=1S/C11H22N4O2S/c1-4-6-12-7-8-13-18(16,17)11-9-15(5-2)10(3)14-11/h9,12-13H,4-8H2,1-3H3. The van der Waals surface area contributed by atoms with Gasteiger partial charge in [-0.25, -0.2) is 18.1 Å². The molecule has 6 nitrogen and oxygen atoms in total. The molecule has 0 fully saturated rings. The maximum atomic E-state index is 11.9. The first-order valence-corrected chi connectivity index (χ1v) is 7.73. The second-order valence-corrected chi connectivity index (χ2v) is 5.77. The van der Waals surface area contributed by atoms with Gasteiger partial charge >= 0.3 is 0 Å². The van der Waals surface area contributed by atoms with E-state index in [0.29, 0.717) is 25.5 Å². The maximum absolute atomic E-state index is 11.9. The second-order valence-electron chi connectivity index (χ2n) is 4.06. The third kappa shape index (κ3) is 4.08. The molecule has 0 unspecified atom stereocenters. The first kappa shape index (κ1) is 15.1. The number of nitrogens with one attached hydrogen (secondary N) is 2. The Labute approximate surface area is 109 Å². The fourth-order valence-corrected chi connectivity index (χ4v) is 2.62. The summed E-state index contributed by atoms with van der Waals surface area (Å²) in [5, 5.41) is 3.23. The molecule has 0 amide bonds. The van der Waals surface area contributed by atoms with Gasteiger partial charge in [-0.1, -0.05) is 6.92 Å². The van der Waals surface area contributed by atoms with Gasteiger partial charge in [0.1, 0.15) is 5.82 Å². The summed E-state index contributed by atoms with van der Waals surface area (Å²) in [4.78, 5) is 4.06. The van der Waals surface area contributed by atoms with Gasteiger partial charge in [-0.15, -0.1) is 0 Å². The van der Waals surface area contributed by atoms with E-state index in [2.05, 4.69) is 21.9 Å². The molecule has 1 rings (SSSR count). The average molecular weight is 274 g/mol. The summed E-state index contributed by atoms with van der Waals surface area (Å²) >= 11 is 0. The van der Waals surface area contributed by atoms with Crippen molar-refractivity contribution in [2.75, 3.05) is 19.6 Å². The fourth-order valence-electron chi connectivity index (χ4n) is 1.58. The summed E-state index contributed by atoms with van der Waals surface area (Å²) in [5.41, 5.74) is 0. The number of hydrogen-bond acceptors (Lipinski definition) is 4. The van der Waals surface area contributed by atoms with Crippen molar-refractivity contribution in [3.63, 3.8) is 0 Å². The van der Waals surface area contributed by atoms with E-state index < -0.39 is 10.0 Å². The van der Waals surface area contributed by atoms with Crippen LogP contribution < -0.4 is 10.0 Å². The van der Waals surface area contributed by atoms with Crippen molar-refractivity contribution in [2.45, 2.75) is 38.8 Å². The van der Waals surface area contributed by atoms with Crippen LogP contribution in [0.2, 0.25) is 0 Å². The van der Waals surface area contributed by atoms with Crippen LogP contribution in [0.1, 0.15) is 26.1 Å². The lowest BCUT2D eigenvalue weighted by atomic mass is 10.5. The zero-order valence-electron chi connectivity index (χ0n) is 11.2. The topological polar surface area (TPSA) is 76.0 Å². The number of sulfonamides is 1. The van der Waals surface area contributed by atoms with Crippen molar-refractivity contribution >= 4 is 10.0 Å². The van der Waals surface area contributed by atoms with E-state index in [1.54, 1.807) is 13.1 Å². The zero-order valence-corrected chi connectivity index (χ0v) is 12.0. The van der Waals surface area contributed by atoms with Crippen LogP contribution >= 0.6 is 0 Å². The molecule has 0 bridgehead atoms. The van der Waals surface area contributed by atoms with Gasteiger partial charge in [0.25, 0.3) is 10.0 Å². The van der Waals surface area contributed by atoms with Gasteiger partial charge in [-0.3, -0.25) is 0 Å². The number of imidazole rings is 1. The van der Waals surface area contributed by atoms with Crippen LogP contribution in [0, 0.1) is 6.92 Å². The van der Waals surface area contributed by atoms with Gasteiger partial charge in [0.2, 0.25) is 0 Å². The molecular weight excluding hydrogens is 252 g/mol. The molecule has 1 heterocycles. The highest BCUT2D eigenvalue weighted by Gasteiger charge is 2.17. The highest BCUT2D eigenvalue weighted by Crippen LogP contribution is 2.08. The molecule has 104 valence electrons. The van der Waals surface area contributed by atoms with Crippen molar-refractivity contribution in [1.29, 1.82) is 0 Å². The van der Waals surface area contributed by atoms with Crippen LogP contribution in [0.15, 0.2) is 11.2 Å². The molecule has 0 saturated heterocycles. The Hall–Kier alpha value is -0.920. The van der Waals surface area contributed by atoms with Gasteiger partial charge in [0, 0.05) is 25.8 Å². The highest BCUT2D eigenvalue weighted by molar-refractivity contribution is 7.89. The summed E-state index contributed by atoms with van der Waals surface area (Å²) in [7, 11) is -3.48. The predicted octanol–water partition coefficient (Wildman–Crippen LogP) is 0.489. The molecule has 0 atom stereocenters. The molecule has 1 aromatic heterocycles. The lowest BCUT2D eigenvalue weighted by Crippen LogP contribution is -2.32. The Balaban J connectivity index is 2.57. The molecule has 0 aliphatic rings. The van der Waals surface area contributed by atoms with Crippen molar-refractivity contribution in [2.24, 2.45) is 0 Å². The van der Waals surface area contributed by atoms with Crippen LogP contribution in [0.5, 0.6) is 0 Å². The Kier molecular flexibility index (Phi) is 5.77. The van der Waals surface area contributed by atoms with Gasteiger partial charge in [0.05, 0.1) is 0 Å². The van der Waals surface area contributed by atoms with Gasteiger partial charge in [0.15, 0.2) is 5.03 Å². The van der Waals surface area contributed by atoms with E-state index in [0.717, 1.165) is 13.0 Å². The molecular formula is C11H22N4O2S. The first-order chi connectivity index (χ1) is 8.51. The monoisotopic (exact) mass is 274 g/mol. The second kappa shape index (κ2) is 6.86.